The Morgan fingerprint density at radius 3 is 2.74 bits per heavy atom. The molecule has 0 radical (unpaired) electrons. The van der Waals surface area contributed by atoms with Crippen LogP contribution in [0.3, 0.4) is 0 Å². The van der Waals surface area contributed by atoms with Gasteiger partial charge in [0, 0.05) is 23.9 Å². The van der Waals surface area contributed by atoms with Gasteiger partial charge in [0.25, 0.3) is 5.91 Å². The van der Waals surface area contributed by atoms with E-state index >= 15 is 0 Å². The smallest absolute Gasteiger partial charge is 0.416 e. The van der Waals surface area contributed by atoms with Crippen LogP contribution >= 0.6 is 0 Å². The van der Waals surface area contributed by atoms with Gasteiger partial charge in [0.15, 0.2) is 0 Å². The van der Waals surface area contributed by atoms with Gasteiger partial charge in [0.2, 0.25) is 5.88 Å². The van der Waals surface area contributed by atoms with Crippen molar-refractivity contribution in [2.24, 2.45) is 4.99 Å². The minimum Gasteiger partial charge on any atom is -0.481 e. The highest BCUT2D eigenvalue weighted by Gasteiger charge is 2.33. The van der Waals surface area contributed by atoms with E-state index in [1.54, 1.807) is 0 Å². The molecule has 0 saturated heterocycles. The van der Waals surface area contributed by atoms with Crippen molar-refractivity contribution in [3.63, 3.8) is 0 Å². The number of fused-ring (bicyclic) bond motifs is 1. The molecule has 2 N–H and O–H groups in total. The van der Waals surface area contributed by atoms with E-state index in [-0.39, 0.29) is 36.8 Å². The molecule has 1 aliphatic rings. The van der Waals surface area contributed by atoms with Crippen LogP contribution < -0.4 is 10.1 Å². The van der Waals surface area contributed by atoms with Crippen LogP contribution in [0.2, 0.25) is 0 Å². The number of aliphatic hydroxyl groups excluding tert-OH is 1. The number of hydrogen-bond acceptors (Lipinski definition) is 5. The van der Waals surface area contributed by atoms with E-state index in [0.29, 0.717) is 16.7 Å². The average molecular weight is 379 g/mol. The van der Waals surface area contributed by atoms with Crippen molar-refractivity contribution in [2.45, 2.75) is 12.7 Å². The lowest BCUT2D eigenvalue weighted by Crippen LogP contribution is -2.27. The monoisotopic (exact) mass is 379 g/mol. The number of carbonyl (C=O) groups is 1. The third kappa shape index (κ3) is 3.77. The molecule has 3 rings (SSSR count). The Hall–Kier alpha value is -2.94. The third-order valence-corrected chi connectivity index (χ3v) is 4.05. The van der Waals surface area contributed by atoms with E-state index in [2.05, 4.69) is 15.3 Å². The van der Waals surface area contributed by atoms with Crippen LogP contribution in [-0.2, 0) is 12.7 Å². The topological polar surface area (TPSA) is 83.8 Å². The summed E-state index contributed by atoms with van der Waals surface area (Å²) in [5.74, 6) is -0.502. The Balaban J connectivity index is 2.10. The van der Waals surface area contributed by atoms with Gasteiger partial charge in [-0.2, -0.15) is 13.2 Å². The molecule has 0 bridgehead atoms. The molecule has 2 heterocycles. The second kappa shape index (κ2) is 7.36. The molecule has 0 unspecified atom stereocenters. The predicted molar refractivity (Wildman–Crippen MR) is 91.9 cm³/mol. The molecular weight excluding hydrogens is 363 g/mol. The number of ether oxygens (including phenoxy) is 1. The molecule has 9 heteroatoms. The highest BCUT2D eigenvalue weighted by Crippen LogP contribution is 2.39. The Morgan fingerprint density at radius 2 is 2.07 bits per heavy atom. The fourth-order valence-corrected chi connectivity index (χ4v) is 2.81. The number of hydrogen-bond donors (Lipinski definition) is 2. The van der Waals surface area contributed by atoms with Crippen LogP contribution in [0, 0.1) is 0 Å². The van der Waals surface area contributed by atoms with Gasteiger partial charge in [-0.25, -0.2) is 4.98 Å². The highest BCUT2D eigenvalue weighted by atomic mass is 19.4. The van der Waals surface area contributed by atoms with Crippen molar-refractivity contribution in [3.8, 4) is 17.0 Å². The van der Waals surface area contributed by atoms with Gasteiger partial charge in [0.1, 0.15) is 5.69 Å². The lowest BCUT2D eigenvalue weighted by atomic mass is 9.94. The van der Waals surface area contributed by atoms with Crippen molar-refractivity contribution in [1.29, 1.82) is 0 Å². The van der Waals surface area contributed by atoms with E-state index in [4.69, 9.17) is 9.84 Å². The van der Waals surface area contributed by atoms with Crippen molar-refractivity contribution in [2.75, 3.05) is 20.3 Å². The molecule has 142 valence electrons. The lowest BCUT2D eigenvalue weighted by molar-refractivity contribution is -0.137. The summed E-state index contributed by atoms with van der Waals surface area (Å²) >= 11 is 0. The number of aromatic nitrogens is 1. The summed E-state index contributed by atoms with van der Waals surface area (Å²) in [6, 6.07) is 4.99. The summed E-state index contributed by atoms with van der Waals surface area (Å²) in [6.07, 6.45) is -2.98. The first-order chi connectivity index (χ1) is 12.8. The first kappa shape index (κ1) is 18.8. The van der Waals surface area contributed by atoms with Gasteiger partial charge >= 0.3 is 6.18 Å². The fourth-order valence-electron chi connectivity index (χ4n) is 2.81. The number of nitrogens with one attached hydrogen (secondary N) is 1. The second-order valence-corrected chi connectivity index (χ2v) is 5.80. The van der Waals surface area contributed by atoms with Crippen molar-refractivity contribution < 1.29 is 27.8 Å². The zero-order chi connectivity index (χ0) is 19.6. The van der Waals surface area contributed by atoms with Gasteiger partial charge in [0.05, 0.1) is 25.8 Å². The van der Waals surface area contributed by atoms with Crippen LogP contribution in [0.25, 0.3) is 11.1 Å². The summed E-state index contributed by atoms with van der Waals surface area (Å²) < 4.78 is 45.0. The van der Waals surface area contributed by atoms with Crippen molar-refractivity contribution in [1.82, 2.24) is 10.3 Å². The van der Waals surface area contributed by atoms with Crippen LogP contribution in [-0.4, -0.2) is 42.5 Å². The molecule has 1 aliphatic heterocycles. The molecule has 0 atom stereocenters. The van der Waals surface area contributed by atoms with Gasteiger partial charge in [-0.1, -0.05) is 0 Å². The zero-order valence-electron chi connectivity index (χ0n) is 14.3. The lowest BCUT2D eigenvalue weighted by Gasteiger charge is -2.15. The number of halogens is 3. The van der Waals surface area contributed by atoms with E-state index in [1.807, 2.05) is 0 Å². The molecule has 1 amide bonds. The van der Waals surface area contributed by atoms with Gasteiger partial charge < -0.3 is 15.2 Å². The van der Waals surface area contributed by atoms with Gasteiger partial charge in [-0.05, 0) is 35.4 Å². The Morgan fingerprint density at radius 1 is 1.30 bits per heavy atom. The zero-order valence-corrected chi connectivity index (χ0v) is 14.3. The molecule has 27 heavy (non-hydrogen) atoms. The molecular formula is C18H16F3N3O3. The van der Waals surface area contributed by atoms with Gasteiger partial charge in [-0.15, -0.1) is 0 Å². The maximum Gasteiger partial charge on any atom is 0.416 e. The molecule has 0 aliphatic carbocycles. The fraction of sp³-hybridized carbons (Fsp3) is 0.278. The third-order valence-electron chi connectivity index (χ3n) is 4.05. The maximum atomic E-state index is 13.3. The first-order valence-corrected chi connectivity index (χ1v) is 8.03. The predicted octanol–water partition coefficient (Wildman–Crippen LogP) is 2.43. The largest absolute Gasteiger partial charge is 0.481 e. The number of aliphatic hydroxyl groups is 1. The molecule has 0 fully saturated rings. The molecule has 6 nitrogen and oxygen atoms in total. The van der Waals surface area contributed by atoms with Crippen molar-refractivity contribution >= 4 is 12.1 Å². The van der Waals surface area contributed by atoms with Crippen LogP contribution in [0.15, 0.2) is 29.3 Å². The Bertz CT molecular complexity index is 911. The van der Waals surface area contributed by atoms with E-state index in [9.17, 15) is 18.0 Å². The molecule has 2 aromatic rings. The quantitative estimate of drug-likeness (QED) is 0.836. The van der Waals surface area contributed by atoms with E-state index < -0.39 is 17.6 Å². The second-order valence-electron chi connectivity index (χ2n) is 5.80. The first-order valence-electron chi connectivity index (χ1n) is 8.03. The van der Waals surface area contributed by atoms with Crippen LogP contribution in [0.5, 0.6) is 5.88 Å². The normalized spacial score (nSPS) is 12.8. The minimum atomic E-state index is -4.50. The molecule has 0 spiro atoms. The summed E-state index contributed by atoms with van der Waals surface area (Å²) in [7, 11) is 1.32. The molecule has 1 aromatic carbocycles. The number of methoxy groups -OCH3 is 1. The summed E-state index contributed by atoms with van der Waals surface area (Å²) in [5.41, 5.74) is 0.891. The van der Waals surface area contributed by atoms with E-state index in [1.165, 1.54) is 25.5 Å². The Labute approximate surface area is 152 Å². The number of alkyl halides is 3. The highest BCUT2D eigenvalue weighted by molar-refractivity contribution is 5.97. The summed E-state index contributed by atoms with van der Waals surface area (Å²) in [6.45, 7) is 0.00247. The number of rotatable bonds is 5. The maximum absolute atomic E-state index is 13.3. The van der Waals surface area contributed by atoms with Gasteiger partial charge in [-0.3, -0.25) is 9.79 Å². The number of aliphatic imine (C=N–C) groups is 1. The molecule has 0 saturated carbocycles. The van der Waals surface area contributed by atoms with Crippen molar-refractivity contribution in [3.05, 3.63) is 46.6 Å². The number of amides is 1. The standard InChI is InChI=1S/C18H16F3N3O3/c1-27-17-12(2-3-15(24-17)16(26)23-4-5-25)13-7-11(18(19,20)21)6-10-8-22-9-14(10)13/h2-3,6-7,9,25H,4-5,8H2,1H3,(H,23,26). The number of nitrogens with zero attached hydrogens (tertiary/aromatic N) is 2. The SMILES string of the molecule is COc1nc(C(=O)NCCO)ccc1-c1cc(C(F)(F)F)cc2c1C=NC2. The average Bonchev–Trinajstić information content (AvgIpc) is 3.12. The Kier molecular flexibility index (Phi) is 5.13. The van der Waals surface area contributed by atoms with E-state index in [0.717, 1.165) is 12.1 Å². The molecule has 1 aromatic heterocycles. The summed E-state index contributed by atoms with van der Waals surface area (Å²) in [5, 5.41) is 11.2. The van der Waals surface area contributed by atoms with Crippen LogP contribution in [0.4, 0.5) is 13.2 Å². The van der Waals surface area contributed by atoms with Crippen LogP contribution in [0.1, 0.15) is 27.2 Å². The number of pyridine rings is 1. The number of carbonyl (C=O) groups excluding carboxylic acids is 1. The minimum absolute atomic E-state index is 0.0217. The number of benzene rings is 1. The summed E-state index contributed by atoms with van der Waals surface area (Å²) in [4.78, 5) is 20.1.